The molecule has 1 saturated heterocycles. The Balaban J connectivity index is 2.19. The average molecular weight is 396 g/mol. The van der Waals surface area contributed by atoms with Crippen LogP contribution >= 0.6 is 34.2 Å². The summed E-state index contributed by atoms with van der Waals surface area (Å²) in [6.45, 7) is 4.55. The Labute approximate surface area is 133 Å². The number of hydrogen-bond acceptors (Lipinski definition) is 3. The van der Waals surface area contributed by atoms with Crippen molar-refractivity contribution in [2.45, 2.75) is 17.0 Å². The molecule has 0 aliphatic carbocycles. The smallest absolute Gasteiger partial charge is 0.186 e. The first-order chi connectivity index (χ1) is 9.05. The second-order valence-electron chi connectivity index (χ2n) is 4.94. The number of alkyl halides is 1. The second-order valence-corrected chi connectivity index (χ2v) is 7.18. The lowest BCUT2D eigenvalue weighted by Gasteiger charge is -2.33. The molecular formula is C14H19ClINO2. The molecule has 1 aromatic rings. The summed E-state index contributed by atoms with van der Waals surface area (Å²) in [6.07, 6.45) is 1.09. The standard InChI is InChI=1S/C14H19ClINO2/c1-10-3-4-13(12(15)7-10)19-14(16,9-18-2)11-5-6-17-8-11/h3-4,7,11,17H,5-6,8-9H2,1-2H3/t11?,14-/m0/s1. The Morgan fingerprint density at radius 3 is 2.89 bits per heavy atom. The summed E-state index contributed by atoms with van der Waals surface area (Å²) in [5.74, 6) is 1.15. The number of nitrogens with one attached hydrogen (secondary N) is 1. The highest BCUT2D eigenvalue weighted by molar-refractivity contribution is 14.1. The number of ether oxygens (including phenoxy) is 2. The lowest BCUT2D eigenvalue weighted by Crippen LogP contribution is -2.43. The summed E-state index contributed by atoms with van der Waals surface area (Å²) in [6, 6.07) is 5.87. The number of benzene rings is 1. The van der Waals surface area contributed by atoms with Crippen molar-refractivity contribution < 1.29 is 9.47 Å². The maximum atomic E-state index is 6.26. The van der Waals surface area contributed by atoms with Crippen LogP contribution in [-0.2, 0) is 4.74 Å². The van der Waals surface area contributed by atoms with Crippen LogP contribution in [0.3, 0.4) is 0 Å². The van der Waals surface area contributed by atoms with Crippen LogP contribution < -0.4 is 10.1 Å². The predicted octanol–water partition coefficient (Wildman–Crippen LogP) is 3.41. The van der Waals surface area contributed by atoms with Crippen LogP contribution in [0.1, 0.15) is 12.0 Å². The minimum absolute atomic E-state index is 0.380. The Morgan fingerprint density at radius 2 is 2.32 bits per heavy atom. The minimum atomic E-state index is -0.380. The van der Waals surface area contributed by atoms with Gasteiger partial charge in [-0.15, -0.1) is 0 Å². The van der Waals surface area contributed by atoms with Crippen molar-refractivity contribution in [2.75, 3.05) is 26.8 Å². The fourth-order valence-electron chi connectivity index (χ4n) is 2.32. The molecule has 3 nitrogen and oxygen atoms in total. The number of aryl methyl sites for hydroxylation is 1. The molecule has 2 atom stereocenters. The molecule has 1 aromatic carbocycles. The van der Waals surface area contributed by atoms with Crippen LogP contribution in [0.4, 0.5) is 0 Å². The molecule has 0 aromatic heterocycles. The molecule has 1 aliphatic rings. The van der Waals surface area contributed by atoms with Gasteiger partial charge in [-0.2, -0.15) is 0 Å². The quantitative estimate of drug-likeness (QED) is 0.612. The maximum Gasteiger partial charge on any atom is 0.186 e. The highest BCUT2D eigenvalue weighted by Gasteiger charge is 2.40. The lowest BCUT2D eigenvalue weighted by atomic mass is 10.0. The highest BCUT2D eigenvalue weighted by Crippen LogP contribution is 2.38. The largest absolute Gasteiger partial charge is 0.473 e. The molecule has 2 rings (SSSR count). The Kier molecular flexibility index (Phi) is 5.34. The summed E-state index contributed by atoms with van der Waals surface area (Å²) in [4.78, 5) is 0. The van der Waals surface area contributed by atoms with Gasteiger partial charge in [0.2, 0.25) is 0 Å². The first-order valence-corrected chi connectivity index (χ1v) is 7.84. The van der Waals surface area contributed by atoms with E-state index in [4.69, 9.17) is 21.1 Å². The van der Waals surface area contributed by atoms with E-state index in [0.717, 1.165) is 30.8 Å². The number of rotatable bonds is 5. The summed E-state index contributed by atoms with van der Waals surface area (Å²) >= 11 is 8.62. The normalized spacial score (nSPS) is 22.2. The lowest BCUT2D eigenvalue weighted by molar-refractivity contribution is 0.0353. The molecule has 0 spiro atoms. The van der Waals surface area contributed by atoms with Crippen LogP contribution in [0.2, 0.25) is 5.02 Å². The fraction of sp³-hybridized carbons (Fsp3) is 0.571. The van der Waals surface area contributed by atoms with Crippen molar-refractivity contribution in [2.24, 2.45) is 5.92 Å². The first-order valence-electron chi connectivity index (χ1n) is 6.39. The van der Waals surface area contributed by atoms with E-state index < -0.39 is 0 Å². The van der Waals surface area contributed by atoms with Gasteiger partial charge in [-0.25, -0.2) is 0 Å². The fourth-order valence-corrected chi connectivity index (χ4v) is 3.68. The molecule has 106 valence electrons. The van der Waals surface area contributed by atoms with E-state index in [1.54, 1.807) is 7.11 Å². The third kappa shape index (κ3) is 3.74. The average Bonchev–Trinajstić information content (AvgIpc) is 2.87. The Morgan fingerprint density at radius 1 is 1.53 bits per heavy atom. The van der Waals surface area contributed by atoms with E-state index >= 15 is 0 Å². The monoisotopic (exact) mass is 395 g/mol. The van der Waals surface area contributed by atoms with E-state index in [1.165, 1.54) is 0 Å². The van der Waals surface area contributed by atoms with Crippen molar-refractivity contribution in [1.82, 2.24) is 5.32 Å². The van der Waals surface area contributed by atoms with Crippen LogP contribution in [0.25, 0.3) is 0 Å². The molecular weight excluding hydrogens is 377 g/mol. The third-order valence-corrected chi connectivity index (χ3v) is 5.09. The van der Waals surface area contributed by atoms with Crippen molar-refractivity contribution >= 4 is 34.2 Å². The van der Waals surface area contributed by atoms with Crippen molar-refractivity contribution in [3.8, 4) is 5.75 Å². The van der Waals surface area contributed by atoms with Gasteiger partial charge in [0.05, 0.1) is 11.6 Å². The van der Waals surface area contributed by atoms with E-state index in [0.29, 0.717) is 17.5 Å². The summed E-state index contributed by atoms with van der Waals surface area (Å²) in [5.41, 5.74) is 1.13. The topological polar surface area (TPSA) is 30.5 Å². The molecule has 0 amide bonds. The van der Waals surface area contributed by atoms with Crippen LogP contribution in [0.5, 0.6) is 5.75 Å². The van der Waals surface area contributed by atoms with Crippen LogP contribution in [-0.4, -0.2) is 30.4 Å². The number of methoxy groups -OCH3 is 1. The van der Waals surface area contributed by atoms with Gasteiger partial charge in [0.25, 0.3) is 0 Å². The summed E-state index contributed by atoms with van der Waals surface area (Å²) in [5, 5.41) is 4.03. The first kappa shape index (κ1) is 15.4. The molecule has 1 fully saturated rings. The molecule has 0 radical (unpaired) electrons. The number of hydrogen-bond donors (Lipinski definition) is 1. The predicted molar refractivity (Wildman–Crippen MR) is 86.4 cm³/mol. The summed E-state index contributed by atoms with van der Waals surface area (Å²) in [7, 11) is 1.70. The maximum absolute atomic E-state index is 6.26. The summed E-state index contributed by atoms with van der Waals surface area (Å²) < 4.78 is 11.2. The Hall–Kier alpha value is -0.0400. The van der Waals surface area contributed by atoms with E-state index in [1.807, 2.05) is 25.1 Å². The van der Waals surface area contributed by atoms with Gasteiger partial charge in [-0.3, -0.25) is 0 Å². The zero-order valence-corrected chi connectivity index (χ0v) is 14.1. The van der Waals surface area contributed by atoms with Crippen molar-refractivity contribution in [3.63, 3.8) is 0 Å². The van der Waals surface area contributed by atoms with Crippen molar-refractivity contribution in [1.29, 1.82) is 0 Å². The zero-order valence-electron chi connectivity index (χ0n) is 11.2. The molecule has 1 N–H and O–H groups in total. The molecule has 1 aliphatic heterocycles. The van der Waals surface area contributed by atoms with Gasteiger partial charge in [0, 0.05) is 19.6 Å². The van der Waals surface area contributed by atoms with Gasteiger partial charge in [0.1, 0.15) is 5.75 Å². The minimum Gasteiger partial charge on any atom is -0.473 e. The SMILES string of the molecule is COC[C@](I)(Oc1ccc(C)cc1Cl)C1CCNC1. The van der Waals surface area contributed by atoms with Crippen molar-refractivity contribution in [3.05, 3.63) is 28.8 Å². The molecule has 0 saturated carbocycles. The Bertz CT molecular complexity index is 437. The molecule has 1 heterocycles. The van der Waals surface area contributed by atoms with Crippen LogP contribution in [0.15, 0.2) is 18.2 Å². The van der Waals surface area contributed by atoms with E-state index in [2.05, 4.69) is 27.9 Å². The van der Waals surface area contributed by atoms with Gasteiger partial charge in [0.15, 0.2) is 3.61 Å². The highest BCUT2D eigenvalue weighted by atomic mass is 127. The van der Waals surface area contributed by atoms with Gasteiger partial charge in [-0.1, -0.05) is 17.7 Å². The molecule has 1 unspecified atom stereocenters. The van der Waals surface area contributed by atoms with E-state index in [9.17, 15) is 0 Å². The van der Waals surface area contributed by atoms with Gasteiger partial charge in [-0.05, 0) is 60.2 Å². The van der Waals surface area contributed by atoms with Gasteiger partial charge < -0.3 is 14.8 Å². The third-order valence-electron chi connectivity index (χ3n) is 3.38. The van der Waals surface area contributed by atoms with Gasteiger partial charge >= 0.3 is 0 Å². The van der Waals surface area contributed by atoms with Crippen LogP contribution in [0, 0.1) is 12.8 Å². The molecule has 19 heavy (non-hydrogen) atoms. The second kappa shape index (κ2) is 6.61. The molecule has 0 bridgehead atoms. The van der Waals surface area contributed by atoms with E-state index in [-0.39, 0.29) is 3.61 Å². The number of halogens is 2. The molecule has 5 heteroatoms. The zero-order chi connectivity index (χ0) is 13.9.